The monoisotopic (exact) mass is 478 g/mol. The van der Waals surface area contributed by atoms with Gasteiger partial charge in [0.05, 0.1) is 6.54 Å². The van der Waals surface area contributed by atoms with Gasteiger partial charge < -0.3 is 10.1 Å². The standard InChI is InChI=1S/C22H24F6N2O3/c1-6-17(18(29-4)21(23,24)25)20(33-5,22(26,27)28)11-13(2)15-7-9-16(10-8-15)19(32)30-12-14(3)31/h6-10H,2,11-12H2,1,3-5H3,(H,30,32)/b17-6+,29-18?. The maximum Gasteiger partial charge on any atom is 0.433 e. The maximum absolute atomic E-state index is 14.2. The van der Waals surface area contributed by atoms with Crippen molar-refractivity contribution >= 4 is 23.0 Å². The number of rotatable bonds is 9. The summed E-state index contributed by atoms with van der Waals surface area (Å²) in [5, 5.41) is 2.36. The van der Waals surface area contributed by atoms with E-state index >= 15 is 0 Å². The van der Waals surface area contributed by atoms with Crippen molar-refractivity contribution in [3.05, 3.63) is 53.6 Å². The molecule has 1 N–H and O–H groups in total. The Morgan fingerprint density at radius 3 is 1.97 bits per heavy atom. The topological polar surface area (TPSA) is 67.8 Å². The molecule has 0 bridgehead atoms. The predicted molar refractivity (Wildman–Crippen MR) is 112 cm³/mol. The molecule has 11 heteroatoms. The van der Waals surface area contributed by atoms with Gasteiger partial charge in [-0.15, -0.1) is 0 Å². The van der Waals surface area contributed by atoms with Crippen LogP contribution in [0.5, 0.6) is 0 Å². The molecule has 0 radical (unpaired) electrons. The van der Waals surface area contributed by atoms with Crippen molar-refractivity contribution in [2.24, 2.45) is 4.99 Å². The van der Waals surface area contributed by atoms with Crippen LogP contribution >= 0.6 is 0 Å². The second-order valence-corrected chi connectivity index (χ2v) is 7.04. The third-order valence-electron chi connectivity index (χ3n) is 4.79. The molecule has 182 valence electrons. The Hall–Kier alpha value is -2.95. The Morgan fingerprint density at radius 2 is 1.61 bits per heavy atom. The molecule has 0 saturated heterocycles. The fourth-order valence-corrected chi connectivity index (χ4v) is 3.17. The molecule has 1 rings (SSSR count). The number of ether oxygens (including phenoxy) is 1. The minimum absolute atomic E-state index is 0.133. The first-order chi connectivity index (χ1) is 15.1. The van der Waals surface area contributed by atoms with Crippen molar-refractivity contribution in [3.8, 4) is 0 Å². The molecule has 5 nitrogen and oxygen atoms in total. The number of carbonyl (C=O) groups excluding carboxylic acids is 2. The first kappa shape index (κ1) is 28.1. The first-order valence-electron chi connectivity index (χ1n) is 9.53. The normalized spacial score (nSPS) is 15.1. The number of aliphatic imine (C=N–C) groups is 1. The van der Waals surface area contributed by atoms with Gasteiger partial charge in [-0.25, -0.2) is 0 Å². The number of hydrogen-bond donors (Lipinski definition) is 1. The van der Waals surface area contributed by atoms with Crippen molar-refractivity contribution in [2.75, 3.05) is 20.7 Å². The molecule has 1 atom stereocenters. The number of nitrogens with one attached hydrogen (secondary N) is 1. The SMILES string of the molecule is C=C(CC(OC)(/C(=C/C)C(=NC)C(F)(F)F)C(F)(F)F)c1ccc(C(=O)NCC(C)=O)cc1. The average molecular weight is 478 g/mol. The van der Waals surface area contributed by atoms with E-state index in [9.17, 15) is 35.9 Å². The second kappa shape index (κ2) is 10.8. The van der Waals surface area contributed by atoms with Crippen LogP contribution in [0.1, 0.15) is 36.2 Å². The van der Waals surface area contributed by atoms with Crippen LogP contribution in [0.3, 0.4) is 0 Å². The lowest BCUT2D eigenvalue weighted by Crippen LogP contribution is -2.52. The number of halogens is 6. The number of carbonyl (C=O) groups is 2. The molecule has 0 aliphatic rings. The van der Waals surface area contributed by atoms with Crippen LogP contribution in [0.15, 0.2) is 47.5 Å². The van der Waals surface area contributed by atoms with Gasteiger partial charge in [0.1, 0.15) is 11.5 Å². The zero-order valence-electron chi connectivity index (χ0n) is 18.4. The lowest BCUT2D eigenvalue weighted by atomic mass is 9.81. The van der Waals surface area contributed by atoms with Crippen molar-refractivity contribution in [1.29, 1.82) is 0 Å². The number of allylic oxidation sites excluding steroid dienone is 1. The van der Waals surface area contributed by atoms with E-state index in [1.165, 1.54) is 31.2 Å². The summed E-state index contributed by atoms with van der Waals surface area (Å²) < 4.78 is 87.6. The van der Waals surface area contributed by atoms with Crippen LogP contribution in [0.4, 0.5) is 26.3 Å². The van der Waals surface area contributed by atoms with Crippen molar-refractivity contribution in [2.45, 2.75) is 38.2 Å². The molecule has 0 heterocycles. The molecule has 0 aromatic heterocycles. The Morgan fingerprint density at radius 1 is 1.09 bits per heavy atom. The molecule has 0 saturated carbocycles. The molecule has 0 fully saturated rings. The van der Waals surface area contributed by atoms with E-state index in [1.807, 2.05) is 0 Å². The first-order valence-corrected chi connectivity index (χ1v) is 9.53. The van der Waals surface area contributed by atoms with Gasteiger partial charge in [0.25, 0.3) is 5.91 Å². The van der Waals surface area contributed by atoms with Crippen molar-refractivity contribution < 1.29 is 40.7 Å². The van der Waals surface area contributed by atoms with Crippen LogP contribution in [-0.4, -0.2) is 56.1 Å². The molecule has 0 aliphatic heterocycles. The highest BCUT2D eigenvalue weighted by atomic mass is 19.4. The van der Waals surface area contributed by atoms with Crippen molar-refractivity contribution in [1.82, 2.24) is 5.32 Å². The van der Waals surface area contributed by atoms with Gasteiger partial charge in [-0.05, 0) is 37.1 Å². The fourth-order valence-electron chi connectivity index (χ4n) is 3.17. The van der Waals surface area contributed by atoms with Crippen molar-refractivity contribution in [3.63, 3.8) is 0 Å². The van der Waals surface area contributed by atoms with E-state index in [-0.39, 0.29) is 29.0 Å². The summed E-state index contributed by atoms with van der Waals surface area (Å²) in [6.45, 7) is 5.71. The summed E-state index contributed by atoms with van der Waals surface area (Å²) in [6, 6.07) is 5.19. The molecule has 1 amide bonds. The van der Waals surface area contributed by atoms with E-state index in [2.05, 4.69) is 16.9 Å². The molecule has 1 unspecified atom stereocenters. The summed E-state index contributed by atoms with van der Waals surface area (Å²) in [5.74, 6) is -0.848. The van der Waals surface area contributed by atoms with E-state index < -0.39 is 41.6 Å². The highest BCUT2D eigenvalue weighted by molar-refractivity contribution is 6.06. The minimum Gasteiger partial charge on any atom is -0.364 e. The van der Waals surface area contributed by atoms with Crippen LogP contribution in [0.25, 0.3) is 5.57 Å². The van der Waals surface area contributed by atoms with Gasteiger partial charge in [0.2, 0.25) is 0 Å². The van der Waals surface area contributed by atoms with Gasteiger partial charge in [-0.2, -0.15) is 26.3 Å². The summed E-state index contributed by atoms with van der Waals surface area (Å²) in [5.41, 5.74) is -6.17. The Bertz CT molecular complexity index is 946. The number of amides is 1. The average Bonchev–Trinajstić information content (AvgIpc) is 2.72. The van der Waals surface area contributed by atoms with Crippen LogP contribution in [0, 0.1) is 0 Å². The lowest BCUT2D eigenvalue weighted by molar-refractivity contribution is -0.250. The highest BCUT2D eigenvalue weighted by Crippen LogP contribution is 2.47. The summed E-state index contributed by atoms with van der Waals surface area (Å²) >= 11 is 0. The van der Waals surface area contributed by atoms with Gasteiger partial charge in [0.15, 0.2) is 5.60 Å². The van der Waals surface area contributed by atoms with E-state index in [1.54, 1.807) is 0 Å². The number of benzene rings is 1. The largest absolute Gasteiger partial charge is 0.433 e. The van der Waals surface area contributed by atoms with Gasteiger partial charge >= 0.3 is 12.4 Å². The molecule has 33 heavy (non-hydrogen) atoms. The predicted octanol–water partition coefficient (Wildman–Crippen LogP) is 4.94. The number of methoxy groups -OCH3 is 1. The quantitative estimate of drug-likeness (QED) is 0.404. The minimum atomic E-state index is -5.25. The Labute approximate surface area is 187 Å². The Kier molecular flexibility index (Phi) is 9.17. The van der Waals surface area contributed by atoms with Gasteiger partial charge in [-0.1, -0.05) is 24.8 Å². The number of ketones is 1. The van der Waals surface area contributed by atoms with E-state index in [0.29, 0.717) is 13.2 Å². The van der Waals surface area contributed by atoms with Gasteiger partial charge in [-0.3, -0.25) is 14.6 Å². The number of hydrogen-bond acceptors (Lipinski definition) is 4. The summed E-state index contributed by atoms with van der Waals surface area (Å²) in [7, 11) is 1.41. The van der Waals surface area contributed by atoms with Crippen LogP contribution < -0.4 is 5.32 Å². The highest BCUT2D eigenvalue weighted by Gasteiger charge is 2.61. The van der Waals surface area contributed by atoms with Crippen LogP contribution in [-0.2, 0) is 9.53 Å². The zero-order valence-corrected chi connectivity index (χ0v) is 18.4. The molecule has 1 aromatic rings. The van der Waals surface area contributed by atoms with Crippen LogP contribution in [0.2, 0.25) is 0 Å². The smallest absolute Gasteiger partial charge is 0.364 e. The molecular formula is C22H24F6N2O3. The molecule has 1 aromatic carbocycles. The lowest BCUT2D eigenvalue weighted by Gasteiger charge is -2.38. The van der Waals surface area contributed by atoms with E-state index in [4.69, 9.17) is 4.74 Å². The molecule has 0 aliphatic carbocycles. The van der Waals surface area contributed by atoms with E-state index in [0.717, 1.165) is 14.0 Å². The number of alkyl halides is 6. The molecule has 0 spiro atoms. The fraction of sp³-hybridized carbons (Fsp3) is 0.409. The summed E-state index contributed by atoms with van der Waals surface area (Å²) in [4.78, 5) is 26.0. The third kappa shape index (κ3) is 6.53. The van der Waals surface area contributed by atoms with Gasteiger partial charge in [0, 0.05) is 31.7 Å². The summed E-state index contributed by atoms with van der Waals surface area (Å²) in [6.07, 6.45) is -10.8. The zero-order chi connectivity index (χ0) is 25.6. The second-order valence-electron chi connectivity index (χ2n) is 7.04. The third-order valence-corrected chi connectivity index (χ3v) is 4.79. The molecular weight excluding hydrogens is 454 g/mol. The maximum atomic E-state index is 14.2. The number of Topliss-reactive ketones (excluding diaryl/α,β-unsaturated/α-hetero) is 1. The number of nitrogens with zero attached hydrogens (tertiary/aromatic N) is 1. The Balaban J connectivity index is 3.37.